The van der Waals surface area contributed by atoms with Crippen LogP contribution >= 0.6 is 0 Å². The number of tetrazole rings is 1. The Labute approximate surface area is 275 Å². The number of benzene rings is 2. The molecule has 2 aromatic carbocycles. The molecule has 0 radical (unpaired) electrons. The van der Waals surface area contributed by atoms with Gasteiger partial charge in [-0.05, 0) is 70.7 Å². The number of nitrogens with one attached hydrogen (secondary N) is 3. The maximum atomic E-state index is 5.74. The smallest absolute Gasteiger partial charge is 0.152 e. The molecule has 12 heteroatoms. The highest BCUT2D eigenvalue weighted by Crippen LogP contribution is 2.28. The summed E-state index contributed by atoms with van der Waals surface area (Å²) in [6.07, 6.45) is 4.58. The SMILES string of the molecule is CC.CC.CCCn1cnnn1.CCOc1cc(C2=CNC(Nc3ccc(CN4CCOCC4)cc3OC)NC2)ccc1C#CN. The van der Waals surface area contributed by atoms with E-state index in [0.29, 0.717) is 13.2 Å². The number of methoxy groups -OCH3 is 1. The predicted molar refractivity (Wildman–Crippen MR) is 185 cm³/mol. The molecule has 46 heavy (non-hydrogen) atoms. The number of aryl methyl sites for hydroxylation is 1. The highest BCUT2D eigenvalue weighted by molar-refractivity contribution is 5.70. The number of aromatic nitrogens is 4. The average molecular weight is 636 g/mol. The number of hydrogen-bond donors (Lipinski definition) is 4. The molecule has 252 valence electrons. The summed E-state index contributed by atoms with van der Waals surface area (Å²) in [7, 11) is 1.70. The summed E-state index contributed by atoms with van der Waals surface area (Å²) in [5.74, 6) is 4.44. The Morgan fingerprint density at radius 3 is 2.46 bits per heavy atom. The first kappa shape index (κ1) is 37.9. The summed E-state index contributed by atoms with van der Waals surface area (Å²) >= 11 is 0. The summed E-state index contributed by atoms with van der Waals surface area (Å²) in [5, 5.41) is 21.0. The van der Waals surface area contributed by atoms with Crippen LogP contribution < -0.4 is 31.2 Å². The van der Waals surface area contributed by atoms with Crippen LogP contribution in [0.1, 0.15) is 64.7 Å². The monoisotopic (exact) mass is 635 g/mol. The minimum absolute atomic E-state index is 0.128. The van der Waals surface area contributed by atoms with Gasteiger partial charge in [-0.2, -0.15) is 0 Å². The lowest BCUT2D eigenvalue weighted by Crippen LogP contribution is -2.49. The first-order valence-electron chi connectivity index (χ1n) is 16.2. The lowest BCUT2D eigenvalue weighted by atomic mass is 10.0. The fraction of sp³-hybridized carbons (Fsp3) is 0.500. The molecular weight excluding hydrogens is 582 g/mol. The fourth-order valence-corrected chi connectivity index (χ4v) is 4.60. The van der Waals surface area contributed by atoms with Gasteiger partial charge in [0.1, 0.15) is 17.8 Å². The van der Waals surface area contributed by atoms with Gasteiger partial charge in [0.25, 0.3) is 0 Å². The van der Waals surface area contributed by atoms with Gasteiger partial charge in [-0.15, -0.1) is 5.10 Å². The van der Waals surface area contributed by atoms with Crippen molar-refractivity contribution in [1.82, 2.24) is 35.7 Å². The van der Waals surface area contributed by atoms with Crippen LogP contribution in [0.3, 0.4) is 0 Å². The molecule has 0 aliphatic carbocycles. The van der Waals surface area contributed by atoms with Crippen molar-refractivity contribution in [2.45, 2.75) is 67.3 Å². The maximum Gasteiger partial charge on any atom is 0.152 e. The molecule has 5 N–H and O–H groups in total. The summed E-state index contributed by atoms with van der Waals surface area (Å²) in [6.45, 7) is 18.6. The normalized spacial score (nSPS) is 15.4. The Hall–Kier alpha value is -4.31. The fourth-order valence-electron chi connectivity index (χ4n) is 4.60. The molecule has 0 spiro atoms. The first-order valence-corrected chi connectivity index (χ1v) is 16.2. The molecule has 1 saturated heterocycles. The number of rotatable bonds is 10. The summed E-state index contributed by atoms with van der Waals surface area (Å²) in [4.78, 5) is 2.40. The zero-order valence-electron chi connectivity index (χ0n) is 28.6. The number of ether oxygens (including phenoxy) is 3. The first-order chi connectivity index (χ1) is 22.6. The molecule has 3 aromatic rings. The van der Waals surface area contributed by atoms with Gasteiger partial charge in [0, 0.05) is 45.0 Å². The van der Waals surface area contributed by atoms with Crippen LogP contribution in [0.5, 0.6) is 11.5 Å². The minimum atomic E-state index is -0.128. The van der Waals surface area contributed by atoms with Crippen molar-refractivity contribution in [2.75, 3.05) is 51.9 Å². The van der Waals surface area contributed by atoms with Crippen molar-refractivity contribution in [3.63, 3.8) is 0 Å². The number of hydrogen-bond acceptors (Lipinski definition) is 11. The van der Waals surface area contributed by atoms with Crippen LogP contribution in [0.15, 0.2) is 48.9 Å². The number of nitrogens with two attached hydrogens (primary N) is 1. The Balaban J connectivity index is 0.000000523. The van der Waals surface area contributed by atoms with Crippen LogP contribution in [0.2, 0.25) is 0 Å². The van der Waals surface area contributed by atoms with Crippen LogP contribution in [0, 0.1) is 12.0 Å². The molecule has 1 fully saturated rings. The van der Waals surface area contributed by atoms with Gasteiger partial charge in [0.15, 0.2) is 6.29 Å². The van der Waals surface area contributed by atoms with Crippen LogP contribution in [0.4, 0.5) is 5.69 Å². The van der Waals surface area contributed by atoms with Gasteiger partial charge in [-0.25, -0.2) is 4.68 Å². The lowest BCUT2D eigenvalue weighted by molar-refractivity contribution is 0.0342. The molecule has 0 amide bonds. The third-order valence-corrected chi connectivity index (χ3v) is 6.70. The van der Waals surface area contributed by atoms with Crippen molar-refractivity contribution in [1.29, 1.82) is 0 Å². The molecule has 12 nitrogen and oxygen atoms in total. The molecule has 1 atom stereocenters. The summed E-state index contributed by atoms with van der Waals surface area (Å²) in [5.41, 5.74) is 10.5. The molecule has 0 saturated carbocycles. The number of anilines is 1. The second-order valence-electron chi connectivity index (χ2n) is 9.70. The Morgan fingerprint density at radius 2 is 1.85 bits per heavy atom. The number of nitrogens with zero attached hydrogens (tertiary/aromatic N) is 5. The highest BCUT2D eigenvalue weighted by atomic mass is 16.5. The average Bonchev–Trinajstić information content (AvgIpc) is 3.63. The molecule has 1 aromatic heterocycles. The minimum Gasteiger partial charge on any atom is -0.495 e. The van der Waals surface area contributed by atoms with Crippen molar-refractivity contribution < 1.29 is 14.2 Å². The van der Waals surface area contributed by atoms with Gasteiger partial charge < -0.3 is 30.6 Å². The zero-order valence-corrected chi connectivity index (χ0v) is 28.6. The van der Waals surface area contributed by atoms with Crippen molar-refractivity contribution in [3.8, 4) is 23.5 Å². The Bertz CT molecular complexity index is 1350. The van der Waals surface area contributed by atoms with Gasteiger partial charge in [-0.3, -0.25) is 10.2 Å². The summed E-state index contributed by atoms with van der Waals surface area (Å²) < 4.78 is 18.6. The van der Waals surface area contributed by atoms with E-state index >= 15 is 0 Å². The Morgan fingerprint density at radius 1 is 1.07 bits per heavy atom. The van der Waals surface area contributed by atoms with Crippen LogP contribution in [-0.4, -0.2) is 78.0 Å². The van der Waals surface area contributed by atoms with Gasteiger partial charge in [-0.1, -0.05) is 46.8 Å². The van der Waals surface area contributed by atoms with E-state index in [0.717, 1.165) is 79.7 Å². The molecular formula is C34H53N9O3. The van der Waals surface area contributed by atoms with E-state index in [1.54, 1.807) is 18.1 Å². The van der Waals surface area contributed by atoms with E-state index in [-0.39, 0.29) is 6.29 Å². The molecule has 2 aliphatic rings. The molecule has 3 heterocycles. The standard InChI is InChI=1S/C26H33N5O3.C4H8N4.2C2H6/c1-3-34-24-15-21(6-5-20(24)8-9-27)22-16-28-26(29-17-22)30-23-7-4-19(14-25(23)32-2)18-31-10-12-33-13-11-31;1-2-3-8-4-5-6-7-8;2*1-2/h4-7,14-16,26,28-30H,3,10-13,17-18,27H2,1-2H3;4H,2-3H2,1H3;2*1-2H3. The summed E-state index contributed by atoms with van der Waals surface area (Å²) in [6, 6.07) is 14.7. The molecule has 0 bridgehead atoms. The third kappa shape index (κ3) is 12.2. The van der Waals surface area contributed by atoms with E-state index in [1.807, 2.05) is 59.0 Å². The Kier molecular flexibility index (Phi) is 18.3. The van der Waals surface area contributed by atoms with Gasteiger partial charge in [0.05, 0.1) is 38.2 Å². The van der Waals surface area contributed by atoms with Crippen molar-refractivity contribution in [2.24, 2.45) is 5.73 Å². The second-order valence-corrected chi connectivity index (χ2v) is 9.70. The van der Waals surface area contributed by atoms with E-state index in [1.165, 1.54) is 5.56 Å². The van der Waals surface area contributed by atoms with E-state index in [9.17, 15) is 0 Å². The van der Waals surface area contributed by atoms with E-state index in [2.05, 4.69) is 73.5 Å². The van der Waals surface area contributed by atoms with E-state index < -0.39 is 0 Å². The zero-order chi connectivity index (χ0) is 33.6. The van der Waals surface area contributed by atoms with Crippen molar-refractivity contribution in [3.05, 3.63) is 65.6 Å². The van der Waals surface area contributed by atoms with E-state index in [4.69, 9.17) is 19.9 Å². The largest absolute Gasteiger partial charge is 0.495 e. The number of morpholine rings is 1. The molecule has 2 aliphatic heterocycles. The van der Waals surface area contributed by atoms with Gasteiger partial charge >= 0.3 is 0 Å². The van der Waals surface area contributed by atoms with Crippen molar-refractivity contribution >= 4 is 11.3 Å². The van der Waals surface area contributed by atoms with Crippen LogP contribution in [-0.2, 0) is 17.8 Å². The van der Waals surface area contributed by atoms with Crippen LogP contribution in [0.25, 0.3) is 5.57 Å². The highest BCUT2D eigenvalue weighted by Gasteiger charge is 2.17. The quantitative estimate of drug-likeness (QED) is 0.188. The lowest BCUT2D eigenvalue weighted by Gasteiger charge is -2.29. The van der Waals surface area contributed by atoms with Gasteiger partial charge in [0.2, 0.25) is 0 Å². The maximum absolute atomic E-state index is 5.74. The molecule has 1 unspecified atom stereocenters. The third-order valence-electron chi connectivity index (χ3n) is 6.70. The second kappa shape index (κ2) is 22.2. The topological polar surface area (TPSA) is 137 Å². The molecule has 5 rings (SSSR count). The predicted octanol–water partition coefficient (Wildman–Crippen LogP) is 4.26.